The summed E-state index contributed by atoms with van der Waals surface area (Å²) in [5, 5.41) is 3.86. The van der Waals surface area contributed by atoms with Crippen LogP contribution in [0.15, 0.2) is 80.8 Å². The van der Waals surface area contributed by atoms with Gasteiger partial charge in [0.2, 0.25) is 0 Å². The van der Waals surface area contributed by atoms with Crippen molar-refractivity contribution >= 4 is 51.4 Å². The Morgan fingerprint density at radius 3 is 2.35 bits per heavy atom. The topological polar surface area (TPSA) is 103 Å². The third kappa shape index (κ3) is 6.42. The van der Waals surface area contributed by atoms with Crippen molar-refractivity contribution in [1.82, 2.24) is 19.7 Å². The van der Waals surface area contributed by atoms with Crippen molar-refractivity contribution in [1.29, 1.82) is 0 Å². The zero-order chi connectivity index (χ0) is 29.4. The van der Waals surface area contributed by atoms with Gasteiger partial charge in [-0.2, -0.15) is 0 Å². The quantitative estimate of drug-likeness (QED) is 0.234. The number of H-pyrrole nitrogens is 1. The number of rotatable bonds is 8. The minimum absolute atomic E-state index is 0. The summed E-state index contributed by atoms with van der Waals surface area (Å²) in [6, 6.07) is 21.9. The average Bonchev–Trinajstić information content (AvgIpc) is 3.55. The molecular weight excluding hydrogens is 567 g/mol. The van der Waals surface area contributed by atoms with Crippen LogP contribution in [0.4, 0.5) is 0 Å². The number of nitrogens with zero attached hydrogens (tertiary/aromatic N) is 3. The first-order valence-electron chi connectivity index (χ1n) is 14.5. The number of ether oxygens (including phenoxy) is 1. The van der Waals surface area contributed by atoms with E-state index in [9.17, 15) is 9.59 Å². The van der Waals surface area contributed by atoms with Crippen LogP contribution >= 0.6 is 0 Å². The molecule has 8 nitrogen and oxygen atoms in total. The average molecular weight is 603 g/mol. The summed E-state index contributed by atoms with van der Waals surface area (Å²) in [7, 11) is 0. The third-order valence-electron chi connectivity index (χ3n) is 7.71. The molecule has 0 amide bonds. The second-order valence-corrected chi connectivity index (χ2v) is 11.4. The fourth-order valence-corrected chi connectivity index (χ4v) is 5.80. The molecule has 216 valence electrons. The first-order valence-corrected chi connectivity index (χ1v) is 14.5. The predicted molar refractivity (Wildman–Crippen MR) is 170 cm³/mol. The van der Waals surface area contributed by atoms with E-state index in [1.54, 1.807) is 0 Å². The number of hydrogen-bond acceptors (Lipinski definition) is 6. The van der Waals surface area contributed by atoms with Crippen LogP contribution in [0.25, 0.3) is 33.6 Å². The van der Waals surface area contributed by atoms with Crippen LogP contribution in [0.2, 0.25) is 0 Å². The first-order chi connectivity index (χ1) is 20.3. The molecule has 0 aliphatic carbocycles. The number of aromatic amines is 1. The van der Waals surface area contributed by atoms with E-state index in [-0.39, 0.29) is 62.5 Å². The molecule has 2 aromatic heterocycles. The van der Waals surface area contributed by atoms with E-state index >= 15 is 0 Å². The number of nitrogens with one attached hydrogen (secondary N) is 1. The van der Waals surface area contributed by atoms with E-state index in [0.717, 1.165) is 69.9 Å². The molecule has 6 rings (SSSR count). The van der Waals surface area contributed by atoms with Gasteiger partial charge in [0, 0.05) is 18.4 Å². The molecule has 0 saturated carbocycles. The van der Waals surface area contributed by atoms with E-state index in [4.69, 9.17) is 14.2 Å². The Hall–Kier alpha value is -3.08. The van der Waals surface area contributed by atoms with Crippen LogP contribution in [-0.4, -0.2) is 76.7 Å². The summed E-state index contributed by atoms with van der Waals surface area (Å²) in [5.41, 5.74) is 6.86. The van der Waals surface area contributed by atoms with Crippen molar-refractivity contribution in [2.24, 2.45) is 0 Å². The van der Waals surface area contributed by atoms with Gasteiger partial charge in [-0.05, 0) is 66.6 Å². The van der Waals surface area contributed by atoms with Crippen LogP contribution < -0.4 is 16.1 Å². The van der Waals surface area contributed by atoms with Gasteiger partial charge >= 0.3 is 57.1 Å². The third-order valence-corrected chi connectivity index (χ3v) is 7.71. The van der Waals surface area contributed by atoms with Crippen molar-refractivity contribution in [3.63, 3.8) is 0 Å². The van der Waals surface area contributed by atoms with Crippen molar-refractivity contribution in [3.05, 3.63) is 110 Å². The molecule has 0 spiro atoms. The molecule has 1 N–H and O–H groups in total. The number of aromatic nitrogens is 4. The Morgan fingerprint density at radius 2 is 1.67 bits per heavy atom. The number of benzene rings is 3. The molecule has 0 radical (unpaired) electrons. The molecule has 3 heterocycles. The maximum atomic E-state index is 14.2. The van der Waals surface area contributed by atoms with Crippen molar-refractivity contribution in [3.8, 4) is 39.4 Å². The molecule has 5 aromatic rings. The Labute approximate surface area is 292 Å². The summed E-state index contributed by atoms with van der Waals surface area (Å²) < 4.78 is 12.6. The van der Waals surface area contributed by atoms with Crippen molar-refractivity contribution < 1.29 is 9.26 Å². The molecule has 43 heavy (non-hydrogen) atoms. The Kier molecular flexibility index (Phi) is 9.39. The van der Waals surface area contributed by atoms with Gasteiger partial charge in [-0.25, -0.2) is 9.78 Å². The first kappa shape index (κ1) is 31.3. The SMILES string of the molecule is CCCc1nc(CC)c(-c2ccc3c(c2)CC(C)(C)O3)c(=O)n1Cc1ccc(-c2ccccc2-c2noc(=O)[nH]2)cc1.[KH]. The molecule has 9 heteroatoms. The molecule has 0 fully saturated rings. The molecule has 0 unspecified atom stereocenters. The van der Waals surface area contributed by atoms with E-state index in [2.05, 4.69) is 43.9 Å². The normalized spacial score (nSPS) is 13.3. The molecular formula is C34H35KN4O4. The standard InChI is InChI=1S/C34H34N4O4.K.H/c1-5-9-29-35-27(6-2)30(23-16-17-28-24(18-23)19-34(3,4)41-28)32(39)38(29)20-21-12-14-22(15-13-21)25-10-7-8-11-26(25)31-36-33(40)42-37-31;;/h7-8,10-18H,5-6,9,19-20H2,1-4H3,(H,36,37,40);;. The zero-order valence-electron chi connectivity index (χ0n) is 24.4. The summed E-state index contributed by atoms with van der Waals surface area (Å²) in [6.07, 6.45) is 3.08. The molecule has 1 aliphatic heterocycles. The second-order valence-electron chi connectivity index (χ2n) is 11.4. The molecule has 0 bridgehead atoms. The maximum absolute atomic E-state index is 14.2. The van der Waals surface area contributed by atoms with Crippen LogP contribution in [0.3, 0.4) is 0 Å². The molecule has 3 aromatic carbocycles. The van der Waals surface area contributed by atoms with E-state index in [1.807, 2.05) is 65.2 Å². The zero-order valence-corrected chi connectivity index (χ0v) is 24.4. The van der Waals surface area contributed by atoms with Gasteiger partial charge < -0.3 is 4.74 Å². The van der Waals surface area contributed by atoms with Gasteiger partial charge in [0.1, 0.15) is 17.2 Å². The number of hydrogen-bond donors (Lipinski definition) is 1. The van der Waals surface area contributed by atoms with Crippen LogP contribution in [-0.2, 0) is 25.8 Å². The van der Waals surface area contributed by atoms with E-state index in [0.29, 0.717) is 24.4 Å². The second kappa shape index (κ2) is 12.9. The van der Waals surface area contributed by atoms with E-state index < -0.39 is 5.76 Å². The summed E-state index contributed by atoms with van der Waals surface area (Å²) >= 11 is 0. The Balaban J connectivity index is 0.00000368. The van der Waals surface area contributed by atoms with Gasteiger partial charge in [0.15, 0.2) is 5.82 Å². The number of aryl methyl sites for hydroxylation is 2. The van der Waals surface area contributed by atoms with Crippen LogP contribution in [0.5, 0.6) is 5.75 Å². The van der Waals surface area contributed by atoms with Gasteiger partial charge in [-0.1, -0.05) is 73.6 Å². The monoisotopic (exact) mass is 602 g/mol. The summed E-state index contributed by atoms with van der Waals surface area (Å²) in [6.45, 7) is 8.73. The number of fused-ring (bicyclic) bond motifs is 1. The molecule has 1 aliphatic rings. The van der Waals surface area contributed by atoms with Crippen LogP contribution in [0, 0.1) is 0 Å². The van der Waals surface area contributed by atoms with Crippen LogP contribution in [0.1, 0.15) is 56.8 Å². The van der Waals surface area contributed by atoms with Crippen molar-refractivity contribution in [2.45, 2.75) is 65.5 Å². The Morgan fingerprint density at radius 1 is 0.953 bits per heavy atom. The molecule has 0 atom stereocenters. The van der Waals surface area contributed by atoms with Gasteiger partial charge in [-0.15, -0.1) is 0 Å². The summed E-state index contributed by atoms with van der Waals surface area (Å²) in [4.78, 5) is 33.4. The predicted octanol–water partition coefficient (Wildman–Crippen LogP) is 5.55. The van der Waals surface area contributed by atoms with Gasteiger partial charge in [-0.3, -0.25) is 18.9 Å². The molecule has 0 saturated heterocycles. The van der Waals surface area contributed by atoms with Gasteiger partial charge in [0.05, 0.1) is 17.8 Å². The minimum atomic E-state index is -0.595. The Bertz CT molecular complexity index is 1890. The van der Waals surface area contributed by atoms with E-state index in [1.165, 1.54) is 0 Å². The fraction of sp³-hybridized carbons (Fsp3) is 0.294. The van der Waals surface area contributed by atoms with Crippen molar-refractivity contribution in [2.75, 3.05) is 0 Å². The van der Waals surface area contributed by atoms with Gasteiger partial charge in [0.25, 0.3) is 5.56 Å². The summed E-state index contributed by atoms with van der Waals surface area (Å²) in [5.74, 6) is 1.47. The fourth-order valence-electron chi connectivity index (χ4n) is 5.80.